The fourth-order valence-corrected chi connectivity index (χ4v) is 7.39. The minimum atomic E-state index is -0.820. The Hall–Kier alpha value is -3.74. The second-order valence-electron chi connectivity index (χ2n) is 17.7. The maximum atomic E-state index is 13.2. The summed E-state index contributed by atoms with van der Waals surface area (Å²) < 4.78 is 5.88. The predicted octanol–water partition coefficient (Wildman–Crippen LogP) is 16.5. The van der Waals surface area contributed by atoms with E-state index in [1.54, 1.807) is 0 Å². The molecule has 0 heterocycles. The van der Waals surface area contributed by atoms with E-state index >= 15 is 0 Å². The molecule has 3 N–H and O–H groups in total. The summed E-state index contributed by atoms with van der Waals surface area (Å²) in [6, 6.07) is -0.740. The van der Waals surface area contributed by atoms with Gasteiger partial charge in [-0.05, 0) is 77.0 Å². The molecule has 0 fully saturated rings. The number of rotatable bonds is 46. The van der Waals surface area contributed by atoms with Crippen LogP contribution in [0.15, 0.2) is 122 Å². The van der Waals surface area contributed by atoms with Gasteiger partial charge >= 0.3 is 5.97 Å². The molecule has 6 nitrogen and oxygen atoms in total. The predicted molar refractivity (Wildman–Crippen MR) is 286 cm³/mol. The molecule has 0 aliphatic carbocycles. The summed E-state index contributed by atoms with van der Waals surface area (Å²) in [4.78, 5) is 26.2. The van der Waals surface area contributed by atoms with Crippen LogP contribution < -0.4 is 5.32 Å². The van der Waals surface area contributed by atoms with Gasteiger partial charge in [0.15, 0.2) is 0 Å². The van der Waals surface area contributed by atoms with Crippen LogP contribution in [0.5, 0.6) is 0 Å². The van der Waals surface area contributed by atoms with Crippen molar-refractivity contribution in [3.05, 3.63) is 122 Å². The molecule has 0 saturated carbocycles. The number of aliphatic hydroxyl groups excluding tert-OH is 2. The Morgan fingerprint density at radius 1 is 0.470 bits per heavy atom. The number of esters is 1. The minimum absolute atomic E-state index is 0.0119. The van der Waals surface area contributed by atoms with Gasteiger partial charge in [0.25, 0.3) is 0 Å². The average Bonchev–Trinajstić information content (AvgIpc) is 3.31. The van der Waals surface area contributed by atoms with Crippen LogP contribution in [-0.4, -0.2) is 46.9 Å². The fourth-order valence-electron chi connectivity index (χ4n) is 7.39. The van der Waals surface area contributed by atoms with Gasteiger partial charge in [-0.1, -0.05) is 251 Å². The van der Waals surface area contributed by atoms with Gasteiger partial charge in [-0.15, -0.1) is 0 Å². The van der Waals surface area contributed by atoms with E-state index < -0.39 is 18.2 Å². The number of carbonyl (C=O) groups is 2. The summed E-state index contributed by atoms with van der Waals surface area (Å²) in [6.45, 7) is 6.25. The normalized spacial score (nSPS) is 14.2. The highest BCUT2D eigenvalue weighted by atomic mass is 16.5. The summed E-state index contributed by atoms with van der Waals surface area (Å²) in [6.07, 6.45) is 72.6. The molecule has 0 rings (SSSR count). The van der Waals surface area contributed by atoms with Crippen LogP contribution >= 0.6 is 0 Å². The first-order chi connectivity index (χ1) is 32.5. The van der Waals surface area contributed by atoms with Gasteiger partial charge in [0.2, 0.25) is 5.91 Å². The molecule has 0 aromatic rings. The van der Waals surface area contributed by atoms with E-state index in [-0.39, 0.29) is 31.3 Å². The minimum Gasteiger partial charge on any atom is -0.462 e. The molecule has 6 heteroatoms. The summed E-state index contributed by atoms with van der Waals surface area (Å²) >= 11 is 0. The molecular weight excluding hydrogens is 815 g/mol. The van der Waals surface area contributed by atoms with Gasteiger partial charge in [0.1, 0.15) is 6.10 Å². The molecule has 0 spiro atoms. The Labute approximate surface area is 406 Å². The van der Waals surface area contributed by atoms with Crippen molar-refractivity contribution in [3.8, 4) is 0 Å². The van der Waals surface area contributed by atoms with E-state index in [0.717, 1.165) is 89.9 Å². The summed E-state index contributed by atoms with van der Waals surface area (Å²) in [7, 11) is 0. The highest BCUT2D eigenvalue weighted by Crippen LogP contribution is 2.17. The van der Waals surface area contributed by atoms with Gasteiger partial charge in [0.05, 0.1) is 25.2 Å². The van der Waals surface area contributed by atoms with Crippen LogP contribution in [0.2, 0.25) is 0 Å². The highest BCUT2D eigenvalue weighted by Gasteiger charge is 2.24. The maximum Gasteiger partial charge on any atom is 0.306 e. The monoisotopic (exact) mass is 914 g/mol. The number of nitrogens with one attached hydrogen (secondary N) is 1. The number of carbonyl (C=O) groups excluding carboxylic acids is 2. The van der Waals surface area contributed by atoms with Crippen molar-refractivity contribution >= 4 is 11.9 Å². The first kappa shape index (κ1) is 62.3. The van der Waals surface area contributed by atoms with Crippen molar-refractivity contribution < 1.29 is 24.5 Å². The molecule has 66 heavy (non-hydrogen) atoms. The van der Waals surface area contributed by atoms with Crippen molar-refractivity contribution in [3.63, 3.8) is 0 Å². The van der Waals surface area contributed by atoms with Crippen molar-refractivity contribution in [2.45, 2.75) is 238 Å². The van der Waals surface area contributed by atoms with Crippen LogP contribution in [-0.2, 0) is 14.3 Å². The van der Waals surface area contributed by atoms with E-state index in [0.29, 0.717) is 19.3 Å². The molecular formula is C60H99NO5. The van der Waals surface area contributed by atoms with E-state index in [2.05, 4.69) is 105 Å². The SMILES string of the molecule is CC/C=C/C/C=C/C/C=C/C/C=C/C/C=C/CCC(=O)OC(CCCCC/C=C/C=C/C=C/C=C/C=C/CCC)CC(=O)NC(CO)C(O)CCCCCCCCCCCCCCCCC. The Morgan fingerprint density at radius 2 is 0.909 bits per heavy atom. The molecule has 0 aliphatic heterocycles. The Morgan fingerprint density at radius 3 is 1.41 bits per heavy atom. The lowest BCUT2D eigenvalue weighted by atomic mass is 10.0. The highest BCUT2D eigenvalue weighted by molar-refractivity contribution is 5.77. The summed E-state index contributed by atoms with van der Waals surface area (Å²) in [5, 5.41) is 23.8. The topological polar surface area (TPSA) is 95.9 Å². The third-order valence-electron chi connectivity index (χ3n) is 11.4. The zero-order valence-corrected chi connectivity index (χ0v) is 42.5. The molecule has 3 atom stereocenters. The lowest BCUT2D eigenvalue weighted by molar-refractivity contribution is -0.150. The zero-order valence-electron chi connectivity index (χ0n) is 42.5. The molecule has 0 radical (unpaired) electrons. The third-order valence-corrected chi connectivity index (χ3v) is 11.4. The van der Waals surface area contributed by atoms with Crippen molar-refractivity contribution in [1.82, 2.24) is 5.32 Å². The molecule has 374 valence electrons. The molecule has 1 amide bonds. The fraction of sp³-hybridized carbons (Fsp3) is 0.633. The van der Waals surface area contributed by atoms with Gasteiger partial charge < -0.3 is 20.3 Å². The molecule has 0 saturated heterocycles. The van der Waals surface area contributed by atoms with E-state index in [1.807, 2.05) is 42.5 Å². The number of ether oxygens (including phenoxy) is 1. The Balaban J connectivity index is 4.80. The number of unbranched alkanes of at least 4 members (excludes halogenated alkanes) is 18. The number of allylic oxidation sites excluding steroid dienone is 20. The van der Waals surface area contributed by atoms with E-state index in [9.17, 15) is 19.8 Å². The number of amides is 1. The van der Waals surface area contributed by atoms with Crippen molar-refractivity contribution in [1.29, 1.82) is 0 Å². The smallest absolute Gasteiger partial charge is 0.306 e. The summed E-state index contributed by atoms with van der Waals surface area (Å²) in [5.74, 6) is -0.625. The first-order valence-electron chi connectivity index (χ1n) is 26.8. The van der Waals surface area contributed by atoms with Crippen LogP contribution in [0.25, 0.3) is 0 Å². The molecule has 0 aromatic heterocycles. The lowest BCUT2D eigenvalue weighted by Gasteiger charge is -2.24. The average molecular weight is 914 g/mol. The number of aliphatic hydroxyl groups is 2. The van der Waals surface area contributed by atoms with E-state index in [1.165, 1.54) is 77.0 Å². The molecule has 0 bridgehead atoms. The molecule has 0 aromatic carbocycles. The quantitative estimate of drug-likeness (QED) is 0.0245. The van der Waals surface area contributed by atoms with Gasteiger partial charge in [-0.25, -0.2) is 0 Å². The lowest BCUT2D eigenvalue weighted by Crippen LogP contribution is -2.46. The van der Waals surface area contributed by atoms with Gasteiger partial charge in [-0.2, -0.15) is 0 Å². The second-order valence-corrected chi connectivity index (χ2v) is 17.7. The second kappa shape index (κ2) is 52.2. The Kier molecular flexibility index (Phi) is 49.3. The van der Waals surface area contributed by atoms with Crippen LogP contribution in [0.3, 0.4) is 0 Å². The van der Waals surface area contributed by atoms with Crippen LogP contribution in [0, 0.1) is 0 Å². The third kappa shape index (κ3) is 46.8. The zero-order chi connectivity index (χ0) is 48.1. The first-order valence-corrected chi connectivity index (χ1v) is 26.8. The number of hydrogen-bond acceptors (Lipinski definition) is 5. The van der Waals surface area contributed by atoms with Crippen LogP contribution in [0.1, 0.15) is 220 Å². The molecule has 0 aliphatic rings. The number of hydrogen-bond donors (Lipinski definition) is 3. The standard InChI is InChI=1S/C60H99NO5/c1-4-7-10-13-16-19-22-25-28-31-33-36-39-42-45-48-51-56(66-60(65)53-50-47-44-41-38-35-32-29-26-23-20-17-14-11-8-5-2)54-59(64)61-57(55-62)58(63)52-49-46-43-40-37-34-30-27-24-21-18-15-12-9-6-3/h8,10-11,13,16-17,19-20,22,25-26,28-29,31,33,35-36,38,44,47,56-58,62-63H,4-7,9,12,14-15,18,21,23-24,27,30,32,34,37,39-43,45-46,48-55H2,1-3H3,(H,61,64)/b11-8+,13-10+,19-16+,20-17+,25-22+,29-26+,31-28+,36-33+,38-35+,47-44+. The largest absolute Gasteiger partial charge is 0.462 e. The van der Waals surface area contributed by atoms with E-state index in [4.69, 9.17) is 4.74 Å². The van der Waals surface area contributed by atoms with Crippen molar-refractivity contribution in [2.75, 3.05) is 6.61 Å². The maximum absolute atomic E-state index is 13.2. The van der Waals surface area contributed by atoms with Gasteiger partial charge in [-0.3, -0.25) is 9.59 Å². The van der Waals surface area contributed by atoms with Gasteiger partial charge in [0, 0.05) is 6.42 Å². The summed E-state index contributed by atoms with van der Waals surface area (Å²) in [5.41, 5.74) is 0. The van der Waals surface area contributed by atoms with Crippen molar-refractivity contribution in [2.24, 2.45) is 0 Å². The van der Waals surface area contributed by atoms with Crippen LogP contribution in [0.4, 0.5) is 0 Å². The Bertz CT molecular complexity index is 1390. The molecule has 3 unspecified atom stereocenters.